The number of nitrogens with zero attached hydrogens (tertiary/aromatic N) is 2. The van der Waals surface area contributed by atoms with Crippen molar-refractivity contribution in [2.45, 2.75) is 40.7 Å². The third-order valence-electron chi connectivity index (χ3n) is 2.37. The fourth-order valence-electron chi connectivity index (χ4n) is 1.59. The molecule has 0 bridgehead atoms. The minimum Gasteiger partial charge on any atom is -1.00 e. The number of rotatable bonds is 2. The molecule has 0 aliphatic rings. The maximum Gasteiger partial charge on any atom is 2.00 e. The average molecular weight is 373 g/mol. The molecule has 1 atom stereocenters. The van der Waals surface area contributed by atoms with Crippen molar-refractivity contribution in [3.63, 3.8) is 0 Å². The van der Waals surface area contributed by atoms with Gasteiger partial charge in [0.1, 0.15) is 0 Å². The Morgan fingerprint density at radius 2 is 1.50 bits per heavy atom. The first-order valence-corrected chi connectivity index (χ1v) is 7.49. The number of hydrogen-bond acceptors (Lipinski definition) is 6. The zero-order chi connectivity index (χ0) is 14.6. The molecule has 4 nitrogen and oxygen atoms in total. The van der Waals surface area contributed by atoms with Crippen molar-refractivity contribution in [1.29, 1.82) is 0 Å². The number of carbonyl (C=O) groups is 1. The van der Waals surface area contributed by atoms with Crippen molar-refractivity contribution >= 4 is 52.0 Å². The Morgan fingerprint density at radius 3 is 1.68 bits per heavy atom. The zero-order valence-electron chi connectivity index (χ0n) is 13.8. The number of aldehydes is 1. The van der Waals surface area contributed by atoms with E-state index in [2.05, 4.69) is 9.97 Å². The Morgan fingerprint density at radius 1 is 1.05 bits per heavy atom. The SMILES string of the molecule is Cc1nc(C)c(C(C)O)s1.Cc1nc(C)c(C=O)s1.[CH3-].[Cl-].[Mg+2]. The summed E-state index contributed by atoms with van der Waals surface area (Å²) in [5, 5.41) is 11.2. The molecule has 2 aromatic heterocycles. The van der Waals surface area contributed by atoms with Gasteiger partial charge in [0.2, 0.25) is 0 Å². The molecule has 22 heavy (non-hydrogen) atoms. The maximum absolute atomic E-state index is 10.2. The maximum atomic E-state index is 10.2. The second-order valence-corrected chi connectivity index (χ2v) is 6.63. The molecular formula is C14H21ClMgN2O2S2. The summed E-state index contributed by atoms with van der Waals surface area (Å²) in [7, 11) is 0. The molecule has 0 saturated heterocycles. The standard InChI is InChI=1S/C7H11NOS.C6H7NOS.CH3.ClH.Mg/c1-4-7(5(2)9)10-6(3)8-4;1-4-6(3-8)9-5(2)7-4;;;/h5,9H,1-3H3;3H,1-2H3;1H3;1H;/q;;-1;;+2/p-1. The molecule has 120 valence electrons. The topological polar surface area (TPSA) is 63.1 Å². The third-order valence-corrected chi connectivity index (χ3v) is 4.61. The van der Waals surface area contributed by atoms with Gasteiger partial charge < -0.3 is 24.9 Å². The molecular weight excluding hydrogens is 352 g/mol. The molecule has 8 heteroatoms. The van der Waals surface area contributed by atoms with Crippen LogP contribution in [0.4, 0.5) is 0 Å². The van der Waals surface area contributed by atoms with Gasteiger partial charge in [-0.1, -0.05) is 0 Å². The Bertz CT molecular complexity index is 571. The summed E-state index contributed by atoms with van der Waals surface area (Å²) >= 11 is 3.00. The summed E-state index contributed by atoms with van der Waals surface area (Å²) in [6, 6.07) is 0. The van der Waals surface area contributed by atoms with Gasteiger partial charge in [-0.05, 0) is 34.6 Å². The van der Waals surface area contributed by atoms with Crippen molar-refractivity contribution in [2.75, 3.05) is 0 Å². The fraction of sp³-hybridized carbons (Fsp3) is 0.429. The molecule has 1 N–H and O–H groups in total. The van der Waals surface area contributed by atoms with Gasteiger partial charge in [0.15, 0.2) is 6.29 Å². The van der Waals surface area contributed by atoms with E-state index in [1.54, 1.807) is 18.3 Å². The zero-order valence-corrected chi connectivity index (χ0v) is 17.6. The van der Waals surface area contributed by atoms with Gasteiger partial charge in [-0.3, -0.25) is 4.79 Å². The number of thiazole rings is 2. The Labute approximate surface area is 163 Å². The van der Waals surface area contributed by atoms with Crippen LogP contribution in [0.2, 0.25) is 0 Å². The second kappa shape index (κ2) is 12.4. The van der Waals surface area contributed by atoms with Crippen LogP contribution in [0.3, 0.4) is 0 Å². The average Bonchev–Trinajstić information content (AvgIpc) is 2.81. The molecule has 2 aromatic rings. The number of aryl methyl sites for hydroxylation is 4. The molecule has 0 saturated carbocycles. The number of aliphatic hydroxyl groups is 1. The van der Waals surface area contributed by atoms with Gasteiger partial charge in [0.05, 0.1) is 37.3 Å². The predicted octanol–water partition coefficient (Wildman–Crippen LogP) is 0.459. The normalized spacial score (nSPS) is 10.1. The Hall–Kier alpha value is -0.0538. The van der Waals surface area contributed by atoms with Crippen LogP contribution in [0.25, 0.3) is 0 Å². The van der Waals surface area contributed by atoms with Gasteiger partial charge in [-0.25, -0.2) is 9.97 Å². The van der Waals surface area contributed by atoms with E-state index in [0.717, 1.165) is 37.4 Å². The number of carbonyl (C=O) groups excluding carboxylic acids is 1. The molecule has 2 heterocycles. The molecule has 2 rings (SSSR count). The van der Waals surface area contributed by atoms with Crippen LogP contribution in [0, 0.1) is 35.1 Å². The molecule has 0 aromatic carbocycles. The molecule has 0 aliphatic carbocycles. The van der Waals surface area contributed by atoms with Crippen LogP contribution in [0.5, 0.6) is 0 Å². The van der Waals surface area contributed by atoms with Crippen LogP contribution < -0.4 is 12.4 Å². The van der Waals surface area contributed by atoms with Crippen molar-refractivity contribution in [1.82, 2.24) is 9.97 Å². The summed E-state index contributed by atoms with van der Waals surface area (Å²) in [6.07, 6.45) is 0.478. The van der Waals surface area contributed by atoms with E-state index in [1.807, 2.05) is 27.7 Å². The Kier molecular flexibility index (Phi) is 15.1. The molecule has 0 aliphatic heterocycles. The van der Waals surface area contributed by atoms with Gasteiger partial charge in [-0.15, -0.1) is 22.7 Å². The smallest absolute Gasteiger partial charge is 1.00 e. The number of aliphatic hydroxyl groups excluding tert-OH is 1. The van der Waals surface area contributed by atoms with Gasteiger partial charge in [0, 0.05) is 0 Å². The van der Waals surface area contributed by atoms with Crippen molar-refractivity contribution < 1.29 is 22.3 Å². The van der Waals surface area contributed by atoms with E-state index in [1.165, 1.54) is 11.3 Å². The van der Waals surface area contributed by atoms with E-state index in [0.29, 0.717) is 0 Å². The van der Waals surface area contributed by atoms with Crippen LogP contribution in [-0.2, 0) is 0 Å². The first-order chi connectivity index (χ1) is 8.85. The third kappa shape index (κ3) is 7.98. The first-order valence-electron chi connectivity index (χ1n) is 5.86. The summed E-state index contributed by atoms with van der Waals surface area (Å²) in [4.78, 5) is 20.2. The summed E-state index contributed by atoms with van der Waals surface area (Å²) < 4.78 is 0. The van der Waals surface area contributed by atoms with Gasteiger partial charge in [0.25, 0.3) is 0 Å². The van der Waals surface area contributed by atoms with Crippen LogP contribution in [0.15, 0.2) is 0 Å². The van der Waals surface area contributed by atoms with E-state index in [9.17, 15) is 9.90 Å². The minimum absolute atomic E-state index is 0. The van der Waals surface area contributed by atoms with E-state index in [-0.39, 0.29) is 49.0 Å². The van der Waals surface area contributed by atoms with Crippen molar-refractivity contribution in [3.8, 4) is 0 Å². The van der Waals surface area contributed by atoms with Crippen LogP contribution >= 0.6 is 22.7 Å². The van der Waals surface area contributed by atoms with E-state index >= 15 is 0 Å². The molecule has 0 spiro atoms. The van der Waals surface area contributed by atoms with Crippen LogP contribution in [0.1, 0.15) is 49.0 Å². The fourth-order valence-corrected chi connectivity index (χ4v) is 3.20. The van der Waals surface area contributed by atoms with Crippen molar-refractivity contribution in [2.24, 2.45) is 0 Å². The quantitative estimate of drug-likeness (QED) is 0.472. The largest absolute Gasteiger partial charge is 2.00 e. The predicted molar refractivity (Wildman–Crippen MR) is 91.4 cm³/mol. The molecule has 0 fully saturated rings. The van der Waals surface area contributed by atoms with E-state index in [4.69, 9.17) is 0 Å². The number of hydrogen-bond donors (Lipinski definition) is 1. The van der Waals surface area contributed by atoms with Gasteiger partial charge >= 0.3 is 23.1 Å². The molecule has 0 amide bonds. The summed E-state index contributed by atoms with van der Waals surface area (Å²) in [5.41, 5.74) is 1.80. The summed E-state index contributed by atoms with van der Waals surface area (Å²) in [5.74, 6) is 0. The van der Waals surface area contributed by atoms with E-state index < -0.39 is 0 Å². The first kappa shape index (κ1) is 26.8. The van der Waals surface area contributed by atoms with Crippen molar-refractivity contribution in [3.05, 3.63) is 38.6 Å². The monoisotopic (exact) mass is 372 g/mol. The van der Waals surface area contributed by atoms with Gasteiger partial charge in [-0.2, -0.15) is 0 Å². The molecule has 0 radical (unpaired) electrons. The summed E-state index contributed by atoms with van der Waals surface area (Å²) in [6.45, 7) is 9.37. The number of aromatic nitrogens is 2. The molecule has 1 unspecified atom stereocenters. The second-order valence-electron chi connectivity index (χ2n) is 4.16. The number of halogens is 1. The Balaban J connectivity index is -0.000000290. The minimum atomic E-state index is -0.369. The van der Waals surface area contributed by atoms with Crippen LogP contribution in [-0.4, -0.2) is 44.4 Å².